The molecule has 0 saturated heterocycles. The van der Waals surface area contributed by atoms with Crippen LogP contribution in [-0.4, -0.2) is 52.5 Å². The SMILES string of the molecule is CCNC(=NCC1(c2ccc(F)cc2)CC1)NCCCOCCOC. The lowest BCUT2D eigenvalue weighted by molar-refractivity contribution is 0.0698. The third-order valence-electron chi connectivity index (χ3n) is 4.38. The third kappa shape index (κ3) is 6.63. The fourth-order valence-corrected chi connectivity index (χ4v) is 2.69. The number of ether oxygens (including phenoxy) is 2. The van der Waals surface area contributed by atoms with E-state index in [1.165, 1.54) is 17.7 Å². The normalized spacial score (nSPS) is 15.9. The molecule has 0 unspecified atom stereocenters. The Balaban J connectivity index is 1.78. The molecule has 1 aliphatic carbocycles. The average Bonchev–Trinajstić information content (AvgIpc) is 3.40. The van der Waals surface area contributed by atoms with Gasteiger partial charge in [-0.05, 0) is 43.9 Å². The van der Waals surface area contributed by atoms with Crippen molar-refractivity contribution in [2.24, 2.45) is 4.99 Å². The lowest BCUT2D eigenvalue weighted by Crippen LogP contribution is -2.38. The first-order valence-corrected chi connectivity index (χ1v) is 9.05. The zero-order valence-electron chi connectivity index (χ0n) is 15.3. The van der Waals surface area contributed by atoms with Crippen LogP contribution in [0.1, 0.15) is 31.7 Å². The number of halogens is 1. The molecule has 140 valence electrons. The third-order valence-corrected chi connectivity index (χ3v) is 4.38. The monoisotopic (exact) mass is 351 g/mol. The first-order valence-electron chi connectivity index (χ1n) is 9.05. The summed E-state index contributed by atoms with van der Waals surface area (Å²) in [6, 6.07) is 6.84. The van der Waals surface area contributed by atoms with Crippen LogP contribution in [0, 0.1) is 5.82 Å². The molecule has 6 heteroatoms. The Bertz CT molecular complexity index is 530. The first-order chi connectivity index (χ1) is 12.2. The largest absolute Gasteiger partial charge is 0.382 e. The summed E-state index contributed by atoms with van der Waals surface area (Å²) >= 11 is 0. The molecule has 1 saturated carbocycles. The second kappa shape index (κ2) is 10.4. The van der Waals surface area contributed by atoms with Gasteiger partial charge in [0.1, 0.15) is 5.82 Å². The molecule has 1 fully saturated rings. The summed E-state index contributed by atoms with van der Waals surface area (Å²) < 4.78 is 23.5. The summed E-state index contributed by atoms with van der Waals surface area (Å²) in [5.74, 6) is 0.638. The Hall–Kier alpha value is -1.66. The highest BCUT2D eigenvalue weighted by molar-refractivity contribution is 5.79. The van der Waals surface area contributed by atoms with E-state index < -0.39 is 0 Å². The topological polar surface area (TPSA) is 54.9 Å². The fourth-order valence-electron chi connectivity index (χ4n) is 2.69. The number of guanidine groups is 1. The van der Waals surface area contributed by atoms with E-state index in [0.29, 0.717) is 19.8 Å². The smallest absolute Gasteiger partial charge is 0.191 e. The molecule has 1 aromatic carbocycles. The van der Waals surface area contributed by atoms with Crippen LogP contribution in [0.5, 0.6) is 0 Å². The number of nitrogens with one attached hydrogen (secondary N) is 2. The van der Waals surface area contributed by atoms with Gasteiger partial charge in [-0.2, -0.15) is 0 Å². The summed E-state index contributed by atoms with van der Waals surface area (Å²) in [5.41, 5.74) is 1.26. The summed E-state index contributed by atoms with van der Waals surface area (Å²) in [5, 5.41) is 6.61. The Morgan fingerprint density at radius 2 is 1.92 bits per heavy atom. The average molecular weight is 351 g/mol. The molecule has 1 aromatic rings. The van der Waals surface area contributed by atoms with Crippen molar-refractivity contribution >= 4 is 5.96 Å². The fraction of sp³-hybridized carbons (Fsp3) is 0.632. The van der Waals surface area contributed by atoms with Crippen molar-refractivity contribution in [3.05, 3.63) is 35.6 Å². The maximum atomic E-state index is 13.1. The van der Waals surface area contributed by atoms with E-state index in [0.717, 1.165) is 44.9 Å². The molecule has 0 aliphatic heterocycles. The van der Waals surface area contributed by atoms with E-state index >= 15 is 0 Å². The quantitative estimate of drug-likeness (QED) is 0.365. The van der Waals surface area contributed by atoms with Crippen LogP contribution in [0.25, 0.3) is 0 Å². The van der Waals surface area contributed by atoms with Crippen LogP contribution < -0.4 is 10.6 Å². The molecule has 0 radical (unpaired) electrons. The highest BCUT2D eigenvalue weighted by Gasteiger charge is 2.44. The van der Waals surface area contributed by atoms with E-state index in [-0.39, 0.29) is 11.2 Å². The number of benzene rings is 1. The van der Waals surface area contributed by atoms with Gasteiger partial charge in [0.05, 0.1) is 19.8 Å². The summed E-state index contributed by atoms with van der Waals surface area (Å²) in [4.78, 5) is 4.73. The lowest BCUT2D eigenvalue weighted by atomic mass is 9.96. The number of aliphatic imine (C=N–C) groups is 1. The standard InChI is InChI=1S/C19H30FN3O2/c1-3-21-18(22-11-4-12-25-14-13-24-2)23-15-19(9-10-19)16-5-7-17(20)8-6-16/h5-8H,3-4,9-15H2,1-2H3,(H2,21,22,23). The van der Waals surface area contributed by atoms with Gasteiger partial charge in [-0.15, -0.1) is 0 Å². The molecule has 0 atom stereocenters. The minimum absolute atomic E-state index is 0.0827. The molecule has 25 heavy (non-hydrogen) atoms. The highest BCUT2D eigenvalue weighted by Crippen LogP contribution is 2.48. The second-order valence-electron chi connectivity index (χ2n) is 6.37. The Morgan fingerprint density at radius 3 is 2.56 bits per heavy atom. The van der Waals surface area contributed by atoms with E-state index in [2.05, 4.69) is 17.6 Å². The molecule has 0 heterocycles. The zero-order chi connectivity index (χ0) is 18.0. The van der Waals surface area contributed by atoms with Gasteiger partial charge >= 0.3 is 0 Å². The van der Waals surface area contributed by atoms with Gasteiger partial charge < -0.3 is 20.1 Å². The molecule has 0 spiro atoms. The predicted octanol–water partition coefficient (Wildman–Crippen LogP) is 2.47. The molecular weight excluding hydrogens is 321 g/mol. The van der Waals surface area contributed by atoms with Crippen LogP contribution in [0.15, 0.2) is 29.3 Å². The van der Waals surface area contributed by atoms with Crippen LogP contribution in [-0.2, 0) is 14.9 Å². The minimum atomic E-state index is -0.189. The van der Waals surface area contributed by atoms with E-state index in [1.54, 1.807) is 7.11 Å². The van der Waals surface area contributed by atoms with Crippen LogP contribution in [0.3, 0.4) is 0 Å². The Kier molecular flexibility index (Phi) is 8.15. The molecule has 5 nitrogen and oxygen atoms in total. The van der Waals surface area contributed by atoms with Crippen LogP contribution >= 0.6 is 0 Å². The van der Waals surface area contributed by atoms with Crippen molar-refractivity contribution < 1.29 is 13.9 Å². The summed E-state index contributed by atoms with van der Waals surface area (Å²) in [7, 11) is 1.67. The number of rotatable bonds is 11. The van der Waals surface area contributed by atoms with Crippen molar-refractivity contribution in [3.8, 4) is 0 Å². The maximum absolute atomic E-state index is 13.1. The van der Waals surface area contributed by atoms with Crippen molar-refractivity contribution in [2.75, 3.05) is 46.6 Å². The van der Waals surface area contributed by atoms with E-state index in [4.69, 9.17) is 14.5 Å². The minimum Gasteiger partial charge on any atom is -0.382 e. The molecule has 2 N–H and O–H groups in total. The first kappa shape index (κ1) is 19.7. The van der Waals surface area contributed by atoms with Gasteiger partial charge in [0.25, 0.3) is 0 Å². The van der Waals surface area contributed by atoms with Crippen LogP contribution in [0.2, 0.25) is 0 Å². The molecule has 2 rings (SSSR count). The molecule has 1 aliphatic rings. The van der Waals surface area contributed by atoms with Gasteiger partial charge in [0.2, 0.25) is 0 Å². The van der Waals surface area contributed by atoms with Gasteiger partial charge in [0.15, 0.2) is 5.96 Å². The van der Waals surface area contributed by atoms with Crippen molar-refractivity contribution in [2.45, 2.75) is 31.6 Å². The number of hydrogen-bond acceptors (Lipinski definition) is 3. The zero-order valence-corrected chi connectivity index (χ0v) is 15.3. The Morgan fingerprint density at radius 1 is 1.16 bits per heavy atom. The maximum Gasteiger partial charge on any atom is 0.191 e. The summed E-state index contributed by atoms with van der Waals surface area (Å²) in [6.45, 7) is 6.36. The number of nitrogens with zero attached hydrogens (tertiary/aromatic N) is 1. The van der Waals surface area contributed by atoms with E-state index in [1.807, 2.05) is 12.1 Å². The van der Waals surface area contributed by atoms with Crippen molar-refractivity contribution in [1.82, 2.24) is 10.6 Å². The Labute approximate surface area is 150 Å². The van der Waals surface area contributed by atoms with Gasteiger partial charge in [-0.3, -0.25) is 4.99 Å². The highest BCUT2D eigenvalue weighted by atomic mass is 19.1. The van der Waals surface area contributed by atoms with Gasteiger partial charge in [0, 0.05) is 32.2 Å². The molecular formula is C19H30FN3O2. The van der Waals surface area contributed by atoms with Gasteiger partial charge in [-0.1, -0.05) is 12.1 Å². The molecule has 0 aromatic heterocycles. The number of hydrogen-bond donors (Lipinski definition) is 2. The van der Waals surface area contributed by atoms with Crippen molar-refractivity contribution in [3.63, 3.8) is 0 Å². The van der Waals surface area contributed by atoms with Gasteiger partial charge in [-0.25, -0.2) is 4.39 Å². The summed E-state index contributed by atoms with van der Waals surface area (Å²) in [6.07, 6.45) is 3.13. The second-order valence-corrected chi connectivity index (χ2v) is 6.37. The lowest BCUT2D eigenvalue weighted by Gasteiger charge is -2.16. The van der Waals surface area contributed by atoms with Crippen molar-refractivity contribution in [1.29, 1.82) is 0 Å². The predicted molar refractivity (Wildman–Crippen MR) is 98.6 cm³/mol. The number of methoxy groups -OCH3 is 1. The molecule has 0 amide bonds. The van der Waals surface area contributed by atoms with E-state index in [9.17, 15) is 4.39 Å². The molecule has 0 bridgehead atoms. The van der Waals surface area contributed by atoms with Crippen LogP contribution in [0.4, 0.5) is 4.39 Å².